The Hall–Kier alpha value is -2.22. The van der Waals surface area contributed by atoms with Gasteiger partial charge in [-0.25, -0.2) is 13.1 Å². The van der Waals surface area contributed by atoms with E-state index in [2.05, 4.69) is 14.9 Å². The van der Waals surface area contributed by atoms with Gasteiger partial charge in [-0.05, 0) is 18.1 Å². The number of hydrogen-bond acceptors (Lipinski definition) is 5. The lowest BCUT2D eigenvalue weighted by molar-refractivity contribution is 0.376. The van der Waals surface area contributed by atoms with E-state index >= 15 is 0 Å². The second-order valence-electron chi connectivity index (χ2n) is 5.73. The topological polar surface area (TPSA) is 85.1 Å². The van der Waals surface area contributed by atoms with Gasteiger partial charge in [0.25, 0.3) is 0 Å². The fourth-order valence-corrected chi connectivity index (χ4v) is 3.90. The number of halogens is 1. The van der Waals surface area contributed by atoms with Crippen LogP contribution in [-0.2, 0) is 22.2 Å². The molecule has 0 amide bonds. The van der Waals surface area contributed by atoms with E-state index in [-0.39, 0.29) is 12.3 Å². The smallest absolute Gasteiger partial charge is 0.227 e. The van der Waals surface area contributed by atoms with Gasteiger partial charge >= 0.3 is 0 Å². The first-order chi connectivity index (χ1) is 12.5. The molecule has 136 valence electrons. The summed E-state index contributed by atoms with van der Waals surface area (Å²) in [4.78, 5) is 4.32. The van der Waals surface area contributed by atoms with Crippen LogP contribution in [0.4, 0.5) is 0 Å². The molecule has 3 rings (SSSR count). The highest BCUT2D eigenvalue weighted by Gasteiger charge is 2.14. The predicted octanol–water partition coefficient (Wildman–Crippen LogP) is 3.44. The van der Waals surface area contributed by atoms with Gasteiger partial charge in [0.15, 0.2) is 0 Å². The summed E-state index contributed by atoms with van der Waals surface area (Å²) in [7, 11) is -3.45. The van der Waals surface area contributed by atoms with Gasteiger partial charge in [0, 0.05) is 23.6 Å². The van der Waals surface area contributed by atoms with Crippen LogP contribution in [0, 0.1) is 0 Å². The molecule has 26 heavy (non-hydrogen) atoms. The summed E-state index contributed by atoms with van der Waals surface area (Å²) in [5.41, 5.74) is 1.45. The molecule has 0 bridgehead atoms. The van der Waals surface area contributed by atoms with E-state index in [1.807, 2.05) is 30.3 Å². The summed E-state index contributed by atoms with van der Waals surface area (Å²) < 4.78 is 32.0. The zero-order chi connectivity index (χ0) is 18.4. The van der Waals surface area contributed by atoms with E-state index in [0.717, 1.165) is 5.56 Å². The molecule has 1 aromatic heterocycles. The Bertz CT molecular complexity index is 959. The molecular weight excluding hydrogens is 374 g/mol. The Morgan fingerprint density at radius 1 is 1.04 bits per heavy atom. The molecular formula is C18H18ClN3O3S. The van der Waals surface area contributed by atoms with Gasteiger partial charge < -0.3 is 4.52 Å². The van der Waals surface area contributed by atoms with Crippen LogP contribution >= 0.6 is 11.6 Å². The number of aromatic nitrogens is 2. The third-order valence-corrected chi connectivity index (χ3v) is 5.40. The molecule has 0 spiro atoms. The molecule has 0 saturated carbocycles. The Balaban J connectivity index is 1.48. The van der Waals surface area contributed by atoms with Crippen LogP contribution in [0.1, 0.15) is 17.9 Å². The maximum atomic E-state index is 12.1. The van der Waals surface area contributed by atoms with Crippen molar-refractivity contribution >= 4 is 21.6 Å². The van der Waals surface area contributed by atoms with Crippen LogP contribution in [0.5, 0.6) is 0 Å². The zero-order valence-corrected chi connectivity index (χ0v) is 15.5. The second-order valence-corrected chi connectivity index (χ2v) is 7.94. The largest absolute Gasteiger partial charge is 0.339 e. The molecule has 6 nitrogen and oxygen atoms in total. The highest BCUT2D eigenvalue weighted by atomic mass is 35.5. The van der Waals surface area contributed by atoms with Crippen molar-refractivity contribution in [3.8, 4) is 11.4 Å². The number of hydrogen-bond donors (Lipinski definition) is 1. The van der Waals surface area contributed by atoms with Gasteiger partial charge in [0.1, 0.15) is 0 Å². The lowest BCUT2D eigenvalue weighted by Gasteiger charge is -2.07. The van der Waals surface area contributed by atoms with Gasteiger partial charge in [0.05, 0.1) is 5.75 Å². The molecule has 8 heteroatoms. The molecule has 3 aromatic rings. The quantitative estimate of drug-likeness (QED) is 0.594. The van der Waals surface area contributed by atoms with E-state index in [1.54, 1.807) is 24.3 Å². The van der Waals surface area contributed by atoms with Crippen molar-refractivity contribution in [1.82, 2.24) is 14.9 Å². The third kappa shape index (κ3) is 5.14. The monoisotopic (exact) mass is 391 g/mol. The minimum Gasteiger partial charge on any atom is -0.339 e. The molecule has 1 heterocycles. The van der Waals surface area contributed by atoms with E-state index in [9.17, 15) is 8.42 Å². The summed E-state index contributed by atoms with van der Waals surface area (Å²) >= 11 is 6.00. The molecule has 0 aliphatic rings. The minimum absolute atomic E-state index is 0.147. The average molecular weight is 392 g/mol. The van der Waals surface area contributed by atoms with Gasteiger partial charge in [-0.15, -0.1) is 0 Å². The fourth-order valence-electron chi connectivity index (χ4n) is 2.40. The maximum Gasteiger partial charge on any atom is 0.227 e. The van der Waals surface area contributed by atoms with Gasteiger partial charge in [-0.2, -0.15) is 4.98 Å². The Morgan fingerprint density at radius 3 is 2.54 bits per heavy atom. The average Bonchev–Trinajstić information content (AvgIpc) is 3.10. The number of nitrogens with zero attached hydrogens (tertiary/aromatic N) is 2. The highest BCUT2D eigenvalue weighted by molar-refractivity contribution is 7.88. The second kappa shape index (κ2) is 8.44. The Kier molecular flexibility index (Phi) is 6.03. The fraction of sp³-hybridized carbons (Fsp3) is 0.222. The van der Waals surface area contributed by atoms with Crippen molar-refractivity contribution in [1.29, 1.82) is 0 Å². The zero-order valence-electron chi connectivity index (χ0n) is 13.9. The number of nitrogens with one attached hydrogen (secondary N) is 1. The standard InChI is InChI=1S/C18H18ClN3O3S/c19-16-10-5-4-9-15(16)13-26(23,24)20-12-6-11-17-21-18(22-25-17)14-7-2-1-3-8-14/h1-5,7-10,20H,6,11-13H2. The molecule has 0 radical (unpaired) electrons. The van der Waals surface area contributed by atoms with Crippen molar-refractivity contribution in [3.63, 3.8) is 0 Å². The number of sulfonamides is 1. The highest BCUT2D eigenvalue weighted by Crippen LogP contribution is 2.17. The lowest BCUT2D eigenvalue weighted by atomic mass is 10.2. The summed E-state index contributed by atoms with van der Waals surface area (Å²) in [6.07, 6.45) is 1.05. The SMILES string of the molecule is O=S(=O)(Cc1ccccc1Cl)NCCCc1nc(-c2ccccc2)no1. The maximum absolute atomic E-state index is 12.1. The molecule has 0 aliphatic heterocycles. The van der Waals surface area contributed by atoms with Crippen molar-refractivity contribution in [2.45, 2.75) is 18.6 Å². The van der Waals surface area contributed by atoms with Crippen molar-refractivity contribution in [3.05, 3.63) is 71.1 Å². The van der Waals surface area contributed by atoms with E-state index < -0.39 is 10.0 Å². The summed E-state index contributed by atoms with van der Waals surface area (Å²) in [5.74, 6) is 0.861. The van der Waals surface area contributed by atoms with Gasteiger partial charge in [0.2, 0.25) is 21.7 Å². The van der Waals surface area contributed by atoms with Crippen LogP contribution in [0.25, 0.3) is 11.4 Å². The van der Waals surface area contributed by atoms with E-state index in [4.69, 9.17) is 16.1 Å². The summed E-state index contributed by atoms with van der Waals surface area (Å²) in [6.45, 7) is 0.288. The molecule has 0 atom stereocenters. The van der Waals surface area contributed by atoms with Crippen LogP contribution in [0.15, 0.2) is 59.1 Å². The van der Waals surface area contributed by atoms with Crippen LogP contribution in [0.2, 0.25) is 5.02 Å². The summed E-state index contributed by atoms with van der Waals surface area (Å²) in [6, 6.07) is 16.4. The van der Waals surface area contributed by atoms with Gasteiger partial charge in [-0.3, -0.25) is 0 Å². The molecule has 1 N–H and O–H groups in total. The van der Waals surface area contributed by atoms with Crippen molar-refractivity contribution in [2.75, 3.05) is 6.54 Å². The van der Waals surface area contributed by atoms with Crippen LogP contribution in [0.3, 0.4) is 0 Å². The Labute approximate surface area is 157 Å². The summed E-state index contributed by atoms with van der Waals surface area (Å²) in [5, 5.41) is 4.38. The third-order valence-electron chi connectivity index (χ3n) is 3.69. The van der Waals surface area contributed by atoms with Crippen LogP contribution in [-0.4, -0.2) is 25.1 Å². The molecule has 0 unspecified atom stereocenters. The van der Waals surface area contributed by atoms with Gasteiger partial charge in [-0.1, -0.05) is 65.3 Å². The molecule has 0 aliphatic carbocycles. The van der Waals surface area contributed by atoms with Crippen LogP contribution < -0.4 is 4.72 Å². The molecule has 2 aromatic carbocycles. The lowest BCUT2D eigenvalue weighted by Crippen LogP contribution is -2.26. The number of aryl methyl sites for hydroxylation is 1. The van der Waals surface area contributed by atoms with Crippen molar-refractivity contribution < 1.29 is 12.9 Å². The normalized spacial score (nSPS) is 11.6. The first kappa shape index (κ1) is 18.6. The predicted molar refractivity (Wildman–Crippen MR) is 100 cm³/mol. The van der Waals surface area contributed by atoms with E-state index in [0.29, 0.717) is 35.1 Å². The number of benzene rings is 2. The minimum atomic E-state index is -3.45. The Morgan fingerprint density at radius 2 is 1.77 bits per heavy atom. The first-order valence-electron chi connectivity index (χ1n) is 8.12. The number of rotatable bonds is 8. The van der Waals surface area contributed by atoms with E-state index in [1.165, 1.54) is 0 Å². The van der Waals surface area contributed by atoms with Crippen molar-refractivity contribution in [2.24, 2.45) is 0 Å². The molecule has 0 fully saturated rings. The molecule has 0 saturated heterocycles. The first-order valence-corrected chi connectivity index (χ1v) is 10.2.